The zero-order valence-corrected chi connectivity index (χ0v) is 8.83. The van der Waals surface area contributed by atoms with E-state index in [1.165, 1.54) is 9.13 Å². The van der Waals surface area contributed by atoms with Crippen LogP contribution in [-0.2, 0) is 4.74 Å². The number of benzene rings is 1. The predicted octanol–water partition coefficient (Wildman–Crippen LogP) is 3.00. The molecule has 0 heterocycles. The highest BCUT2D eigenvalue weighted by Crippen LogP contribution is 2.17. The van der Waals surface area contributed by atoms with Gasteiger partial charge in [0.05, 0.1) is 6.10 Å². The van der Waals surface area contributed by atoms with Gasteiger partial charge >= 0.3 is 0 Å². The first-order valence-corrected chi connectivity index (χ1v) is 4.60. The smallest absolute Gasteiger partial charge is 0.0793 e. The third kappa shape index (κ3) is 2.45. The van der Waals surface area contributed by atoms with Crippen LogP contribution in [0.3, 0.4) is 0 Å². The topological polar surface area (TPSA) is 9.23 Å². The molecule has 0 saturated heterocycles. The van der Waals surface area contributed by atoms with E-state index in [-0.39, 0.29) is 6.10 Å². The van der Waals surface area contributed by atoms with Gasteiger partial charge in [-0.15, -0.1) is 0 Å². The number of methoxy groups -OCH3 is 1. The van der Waals surface area contributed by atoms with Crippen LogP contribution in [-0.4, -0.2) is 7.11 Å². The first-order chi connectivity index (χ1) is 5.24. The van der Waals surface area contributed by atoms with Gasteiger partial charge in [-0.2, -0.15) is 0 Å². The van der Waals surface area contributed by atoms with E-state index in [4.69, 9.17) is 4.74 Å². The first-order valence-electron chi connectivity index (χ1n) is 3.52. The SMILES string of the molecule is COC(C)c1cccc(I)c1. The molecule has 0 amide bonds. The summed E-state index contributed by atoms with van der Waals surface area (Å²) in [6, 6.07) is 8.34. The van der Waals surface area contributed by atoms with Gasteiger partial charge in [-0.1, -0.05) is 12.1 Å². The summed E-state index contributed by atoms with van der Waals surface area (Å²) < 4.78 is 6.44. The third-order valence-electron chi connectivity index (χ3n) is 1.67. The summed E-state index contributed by atoms with van der Waals surface area (Å²) in [6.45, 7) is 2.05. The van der Waals surface area contributed by atoms with Crippen molar-refractivity contribution in [2.75, 3.05) is 7.11 Å². The van der Waals surface area contributed by atoms with E-state index in [1.807, 2.05) is 13.0 Å². The number of halogens is 1. The largest absolute Gasteiger partial charge is 0.377 e. The average molecular weight is 262 g/mol. The fourth-order valence-electron chi connectivity index (χ4n) is 0.896. The summed E-state index contributed by atoms with van der Waals surface area (Å²) in [4.78, 5) is 0. The van der Waals surface area contributed by atoms with E-state index in [2.05, 4.69) is 40.8 Å². The van der Waals surface area contributed by atoms with Crippen molar-refractivity contribution in [3.63, 3.8) is 0 Å². The highest BCUT2D eigenvalue weighted by molar-refractivity contribution is 14.1. The third-order valence-corrected chi connectivity index (χ3v) is 2.34. The standard InChI is InChI=1S/C9H11IO/c1-7(11-2)8-4-3-5-9(10)6-8/h3-7H,1-2H3. The molecular formula is C9H11IO. The van der Waals surface area contributed by atoms with Crippen molar-refractivity contribution in [1.29, 1.82) is 0 Å². The molecule has 2 heteroatoms. The molecule has 0 aliphatic rings. The summed E-state index contributed by atoms with van der Waals surface area (Å²) in [5.41, 5.74) is 1.24. The second-order valence-electron chi connectivity index (χ2n) is 2.43. The van der Waals surface area contributed by atoms with Gasteiger partial charge in [0.25, 0.3) is 0 Å². The lowest BCUT2D eigenvalue weighted by Gasteiger charge is -2.09. The Kier molecular flexibility index (Phi) is 3.33. The Labute approximate surface area is 80.9 Å². The van der Waals surface area contributed by atoms with Crippen LogP contribution in [0.5, 0.6) is 0 Å². The Morgan fingerprint density at radius 2 is 2.18 bits per heavy atom. The number of rotatable bonds is 2. The zero-order chi connectivity index (χ0) is 8.27. The highest BCUT2D eigenvalue weighted by Gasteiger charge is 2.01. The van der Waals surface area contributed by atoms with Crippen LogP contribution in [0.25, 0.3) is 0 Å². The van der Waals surface area contributed by atoms with Gasteiger partial charge in [0.2, 0.25) is 0 Å². The second kappa shape index (κ2) is 4.07. The minimum absolute atomic E-state index is 0.199. The fourth-order valence-corrected chi connectivity index (χ4v) is 1.46. The lowest BCUT2D eigenvalue weighted by atomic mass is 10.1. The van der Waals surface area contributed by atoms with E-state index in [0.717, 1.165) is 0 Å². The molecule has 1 aromatic carbocycles. The van der Waals surface area contributed by atoms with Crippen molar-refractivity contribution >= 4 is 22.6 Å². The van der Waals surface area contributed by atoms with Gasteiger partial charge in [0.1, 0.15) is 0 Å². The monoisotopic (exact) mass is 262 g/mol. The molecule has 11 heavy (non-hydrogen) atoms. The second-order valence-corrected chi connectivity index (χ2v) is 3.68. The Hall–Kier alpha value is -0.0900. The van der Waals surface area contributed by atoms with Crippen molar-refractivity contribution in [3.05, 3.63) is 33.4 Å². The van der Waals surface area contributed by atoms with E-state index in [1.54, 1.807) is 7.11 Å². The minimum atomic E-state index is 0.199. The molecule has 0 bridgehead atoms. The Bertz CT molecular complexity index is 235. The van der Waals surface area contributed by atoms with E-state index in [0.29, 0.717) is 0 Å². The van der Waals surface area contributed by atoms with Crippen LogP contribution in [0.4, 0.5) is 0 Å². The fraction of sp³-hybridized carbons (Fsp3) is 0.333. The van der Waals surface area contributed by atoms with Crippen LogP contribution in [0.1, 0.15) is 18.6 Å². The molecule has 0 saturated carbocycles. The van der Waals surface area contributed by atoms with Crippen LogP contribution in [0.15, 0.2) is 24.3 Å². The minimum Gasteiger partial charge on any atom is -0.377 e. The molecule has 0 radical (unpaired) electrons. The van der Waals surface area contributed by atoms with E-state index < -0.39 is 0 Å². The summed E-state index contributed by atoms with van der Waals surface area (Å²) >= 11 is 2.30. The lowest BCUT2D eigenvalue weighted by molar-refractivity contribution is 0.119. The number of hydrogen-bond acceptors (Lipinski definition) is 1. The normalized spacial score (nSPS) is 13.0. The molecule has 0 fully saturated rings. The lowest BCUT2D eigenvalue weighted by Crippen LogP contribution is -1.95. The van der Waals surface area contributed by atoms with Gasteiger partial charge in [-0.05, 0) is 47.2 Å². The van der Waals surface area contributed by atoms with Crippen LogP contribution in [0, 0.1) is 3.57 Å². The van der Waals surface area contributed by atoms with E-state index in [9.17, 15) is 0 Å². The van der Waals surface area contributed by atoms with Crippen LogP contribution >= 0.6 is 22.6 Å². The molecule has 0 aliphatic carbocycles. The molecule has 1 rings (SSSR count). The summed E-state index contributed by atoms with van der Waals surface area (Å²) in [6.07, 6.45) is 0.199. The Morgan fingerprint density at radius 3 is 2.73 bits per heavy atom. The first kappa shape index (κ1) is 9.00. The molecule has 1 aromatic rings. The summed E-state index contributed by atoms with van der Waals surface area (Å²) in [7, 11) is 1.73. The van der Waals surface area contributed by atoms with Gasteiger partial charge in [0.15, 0.2) is 0 Å². The van der Waals surface area contributed by atoms with Crippen molar-refractivity contribution in [3.8, 4) is 0 Å². The Balaban J connectivity index is 2.86. The molecule has 0 spiro atoms. The van der Waals surface area contributed by atoms with Gasteiger partial charge in [-0.25, -0.2) is 0 Å². The van der Waals surface area contributed by atoms with Crippen molar-refractivity contribution in [2.45, 2.75) is 13.0 Å². The van der Waals surface area contributed by atoms with Gasteiger partial charge in [0, 0.05) is 10.7 Å². The molecule has 1 atom stereocenters. The van der Waals surface area contributed by atoms with E-state index >= 15 is 0 Å². The van der Waals surface area contributed by atoms with Crippen LogP contribution in [0.2, 0.25) is 0 Å². The quantitative estimate of drug-likeness (QED) is 0.744. The molecule has 0 N–H and O–H groups in total. The molecular weight excluding hydrogens is 251 g/mol. The number of hydrogen-bond donors (Lipinski definition) is 0. The molecule has 1 nitrogen and oxygen atoms in total. The highest BCUT2D eigenvalue weighted by atomic mass is 127. The number of ether oxygens (including phenoxy) is 1. The predicted molar refractivity (Wildman–Crippen MR) is 54.6 cm³/mol. The Morgan fingerprint density at radius 1 is 1.45 bits per heavy atom. The molecule has 0 aliphatic heterocycles. The van der Waals surface area contributed by atoms with Crippen molar-refractivity contribution in [2.24, 2.45) is 0 Å². The molecule has 1 unspecified atom stereocenters. The van der Waals surface area contributed by atoms with Crippen molar-refractivity contribution in [1.82, 2.24) is 0 Å². The summed E-state index contributed by atoms with van der Waals surface area (Å²) in [5, 5.41) is 0. The van der Waals surface area contributed by atoms with Gasteiger partial charge in [-0.3, -0.25) is 0 Å². The van der Waals surface area contributed by atoms with Crippen molar-refractivity contribution < 1.29 is 4.74 Å². The maximum absolute atomic E-state index is 5.19. The van der Waals surface area contributed by atoms with Gasteiger partial charge < -0.3 is 4.74 Å². The average Bonchev–Trinajstić information content (AvgIpc) is 2.03. The summed E-state index contributed by atoms with van der Waals surface area (Å²) in [5.74, 6) is 0. The maximum Gasteiger partial charge on any atom is 0.0793 e. The molecule has 60 valence electrons. The van der Waals surface area contributed by atoms with Crippen LogP contribution < -0.4 is 0 Å². The maximum atomic E-state index is 5.19. The molecule has 0 aromatic heterocycles. The zero-order valence-electron chi connectivity index (χ0n) is 6.67.